The van der Waals surface area contributed by atoms with Crippen LogP contribution >= 0.6 is 11.6 Å². The summed E-state index contributed by atoms with van der Waals surface area (Å²) in [6, 6.07) is 3.74. The van der Waals surface area contributed by atoms with E-state index in [9.17, 15) is 18.0 Å². The van der Waals surface area contributed by atoms with Crippen LogP contribution < -0.4 is 5.32 Å². The molecule has 2 saturated heterocycles. The number of carbonyl (C=O) groups excluding carboxylic acids is 2. The molecule has 0 saturated carbocycles. The number of hydrogen-bond acceptors (Lipinski definition) is 8. The number of piperidine rings is 1. The van der Waals surface area contributed by atoms with Crippen LogP contribution in [0.2, 0.25) is 0 Å². The van der Waals surface area contributed by atoms with Crippen LogP contribution in [0.5, 0.6) is 0 Å². The smallest absolute Gasteiger partial charge is 0.274 e. The summed E-state index contributed by atoms with van der Waals surface area (Å²) in [6.07, 6.45) is 7.48. The number of aromatic nitrogens is 3. The molecule has 1 aliphatic carbocycles. The van der Waals surface area contributed by atoms with E-state index in [0.717, 1.165) is 31.5 Å². The maximum absolute atomic E-state index is 13.5. The highest BCUT2D eigenvalue weighted by Crippen LogP contribution is 2.30. The molecule has 13 heteroatoms. The highest BCUT2D eigenvalue weighted by atomic mass is 35.5. The zero-order valence-electron chi connectivity index (χ0n) is 23.0. The number of nitrogens with one attached hydrogen (secondary N) is 1. The number of nitrogens with zero attached hydrogens (tertiary/aromatic N) is 5. The molecule has 11 nitrogen and oxygen atoms in total. The SMILES string of the molecule is CC(C)N1CCC(NC(=O)c2cc(C(=O)N3CCC(S(C)(=O)=O)C3)nn2Cc2cc(C3=CC=C(Cl)C3)on2)CC1. The molecule has 2 aromatic rings. The Labute approximate surface area is 239 Å². The van der Waals surface area contributed by atoms with Crippen molar-refractivity contribution in [1.29, 1.82) is 0 Å². The van der Waals surface area contributed by atoms with Gasteiger partial charge in [-0.2, -0.15) is 5.10 Å². The van der Waals surface area contributed by atoms with Crippen LogP contribution in [0.1, 0.15) is 72.0 Å². The maximum atomic E-state index is 13.5. The number of carbonyl (C=O) groups is 2. The monoisotopic (exact) mass is 590 g/mol. The third-order valence-electron chi connectivity index (χ3n) is 7.88. The van der Waals surface area contributed by atoms with Gasteiger partial charge >= 0.3 is 0 Å². The van der Waals surface area contributed by atoms with E-state index in [4.69, 9.17) is 16.1 Å². The van der Waals surface area contributed by atoms with Crippen molar-refractivity contribution in [3.8, 4) is 0 Å². The molecule has 1 atom stereocenters. The number of amides is 2. The van der Waals surface area contributed by atoms with E-state index in [1.54, 1.807) is 6.07 Å². The topological polar surface area (TPSA) is 131 Å². The van der Waals surface area contributed by atoms with Crippen molar-refractivity contribution in [1.82, 2.24) is 30.1 Å². The minimum absolute atomic E-state index is 0.0179. The first kappa shape index (κ1) is 28.6. The largest absolute Gasteiger partial charge is 0.356 e. The van der Waals surface area contributed by atoms with E-state index < -0.39 is 21.0 Å². The fourth-order valence-electron chi connectivity index (χ4n) is 5.42. The van der Waals surface area contributed by atoms with Crippen LogP contribution in [0.3, 0.4) is 0 Å². The van der Waals surface area contributed by atoms with Gasteiger partial charge in [-0.25, -0.2) is 8.42 Å². The molecule has 0 spiro atoms. The first-order chi connectivity index (χ1) is 19.0. The Balaban J connectivity index is 1.35. The third-order valence-corrected chi connectivity index (χ3v) is 9.73. The van der Waals surface area contributed by atoms with Crippen molar-refractivity contribution >= 4 is 38.8 Å². The van der Waals surface area contributed by atoms with E-state index in [1.165, 1.54) is 21.9 Å². The second-order valence-electron chi connectivity index (χ2n) is 11.1. The lowest BCUT2D eigenvalue weighted by Gasteiger charge is -2.34. The Morgan fingerprint density at radius 1 is 1.15 bits per heavy atom. The molecule has 4 heterocycles. The van der Waals surface area contributed by atoms with E-state index >= 15 is 0 Å². The summed E-state index contributed by atoms with van der Waals surface area (Å²) in [5, 5.41) is 11.9. The van der Waals surface area contributed by atoms with Crippen LogP contribution in [0.15, 0.2) is 33.8 Å². The van der Waals surface area contributed by atoms with Gasteiger partial charge in [0.05, 0.1) is 11.8 Å². The molecule has 0 aromatic carbocycles. The first-order valence-electron chi connectivity index (χ1n) is 13.6. The standard InChI is InChI=1S/C27H35ClN6O5S/c1-17(2)32-9-6-20(7-10-32)29-26(35)24-14-23(27(36)33-11-8-22(16-33)40(3,37)38)30-34(24)15-21-13-25(39-31-21)18-4-5-19(28)12-18/h4-5,13-14,17,20,22H,6-12,15-16H2,1-3H3,(H,29,35). The van der Waals surface area contributed by atoms with Gasteiger partial charge in [0.2, 0.25) is 0 Å². The Hall–Kier alpha value is -2.96. The van der Waals surface area contributed by atoms with Crippen LogP contribution in [0.4, 0.5) is 0 Å². The van der Waals surface area contributed by atoms with Crippen LogP contribution in [-0.2, 0) is 16.4 Å². The van der Waals surface area contributed by atoms with Gasteiger partial charge in [0.1, 0.15) is 11.4 Å². The highest BCUT2D eigenvalue weighted by Gasteiger charge is 2.35. The van der Waals surface area contributed by atoms with Gasteiger partial charge < -0.3 is 19.6 Å². The number of hydrogen-bond donors (Lipinski definition) is 1. The average molecular weight is 591 g/mol. The minimum atomic E-state index is -3.26. The summed E-state index contributed by atoms with van der Waals surface area (Å²) in [5.74, 6) is -0.137. The van der Waals surface area contributed by atoms with Gasteiger partial charge in [0.15, 0.2) is 21.3 Å². The molecule has 2 amide bonds. The summed E-state index contributed by atoms with van der Waals surface area (Å²) < 4.78 is 31.0. The Kier molecular flexibility index (Phi) is 8.21. The summed E-state index contributed by atoms with van der Waals surface area (Å²) in [6.45, 7) is 6.68. The van der Waals surface area contributed by atoms with Crippen LogP contribution in [0.25, 0.3) is 5.57 Å². The number of allylic oxidation sites excluding steroid dienone is 4. The number of rotatable bonds is 8. The van der Waals surface area contributed by atoms with Crippen LogP contribution in [0, 0.1) is 0 Å². The van der Waals surface area contributed by atoms with E-state index in [-0.39, 0.29) is 36.4 Å². The Morgan fingerprint density at radius 3 is 2.52 bits per heavy atom. The average Bonchev–Trinajstić information content (AvgIpc) is 3.70. The van der Waals surface area contributed by atoms with E-state index in [1.807, 2.05) is 12.2 Å². The Morgan fingerprint density at radius 2 is 1.90 bits per heavy atom. The minimum Gasteiger partial charge on any atom is -0.356 e. The zero-order chi connectivity index (χ0) is 28.6. The van der Waals surface area contributed by atoms with Gasteiger partial charge in [-0.1, -0.05) is 22.8 Å². The molecule has 3 aliphatic rings. The first-order valence-corrected chi connectivity index (χ1v) is 15.9. The second-order valence-corrected chi connectivity index (χ2v) is 13.9. The predicted octanol–water partition coefficient (Wildman–Crippen LogP) is 2.69. The zero-order valence-corrected chi connectivity index (χ0v) is 24.5. The normalized spacial score (nSPS) is 20.7. The number of sulfone groups is 1. The molecule has 2 aromatic heterocycles. The molecule has 0 bridgehead atoms. The predicted molar refractivity (Wildman–Crippen MR) is 151 cm³/mol. The summed E-state index contributed by atoms with van der Waals surface area (Å²) >= 11 is 6.09. The van der Waals surface area contributed by atoms with Gasteiger partial charge in [-0.05, 0) is 39.2 Å². The number of halogens is 1. The molecule has 40 heavy (non-hydrogen) atoms. The molecule has 1 N–H and O–H groups in total. The van der Waals surface area contributed by atoms with Crippen molar-refractivity contribution in [2.45, 2.75) is 63.4 Å². The third kappa shape index (κ3) is 6.34. The molecule has 0 radical (unpaired) electrons. The Bertz CT molecular complexity index is 1450. The molecule has 1 unspecified atom stereocenters. The van der Waals surface area contributed by atoms with Crippen molar-refractivity contribution in [3.63, 3.8) is 0 Å². The summed E-state index contributed by atoms with van der Waals surface area (Å²) in [7, 11) is -3.26. The molecular weight excluding hydrogens is 556 g/mol. The molecule has 5 rings (SSSR count). The van der Waals surface area contributed by atoms with Crippen molar-refractivity contribution in [2.24, 2.45) is 0 Å². The van der Waals surface area contributed by atoms with E-state index in [0.29, 0.717) is 41.9 Å². The van der Waals surface area contributed by atoms with E-state index in [2.05, 4.69) is 34.3 Å². The fraction of sp³-hybridized carbons (Fsp3) is 0.556. The summed E-state index contributed by atoms with van der Waals surface area (Å²) in [5.41, 5.74) is 1.77. The fourth-order valence-corrected chi connectivity index (χ4v) is 6.61. The van der Waals surface area contributed by atoms with Gasteiger partial charge in [0, 0.05) is 73.7 Å². The summed E-state index contributed by atoms with van der Waals surface area (Å²) in [4.78, 5) is 30.7. The number of likely N-dealkylation sites (tertiary alicyclic amines) is 2. The van der Waals surface area contributed by atoms with Gasteiger partial charge in [0.25, 0.3) is 11.8 Å². The van der Waals surface area contributed by atoms with Gasteiger partial charge in [-0.15, -0.1) is 0 Å². The quantitative estimate of drug-likeness (QED) is 0.497. The second kappa shape index (κ2) is 11.5. The lowest BCUT2D eigenvalue weighted by Crippen LogP contribution is -2.46. The van der Waals surface area contributed by atoms with Crippen molar-refractivity contribution in [2.75, 3.05) is 32.4 Å². The molecule has 2 aliphatic heterocycles. The maximum Gasteiger partial charge on any atom is 0.274 e. The molecular formula is C27H35ClN6O5S. The highest BCUT2D eigenvalue weighted by molar-refractivity contribution is 7.91. The molecule has 216 valence electrons. The molecule has 2 fully saturated rings. The van der Waals surface area contributed by atoms with Crippen molar-refractivity contribution in [3.05, 3.63) is 52.2 Å². The van der Waals surface area contributed by atoms with Crippen LogP contribution in [-0.4, -0.2) is 94.7 Å². The lowest BCUT2D eigenvalue weighted by atomic mass is 10.0. The van der Waals surface area contributed by atoms with Gasteiger partial charge in [-0.3, -0.25) is 14.3 Å². The lowest BCUT2D eigenvalue weighted by molar-refractivity contribution is 0.0786. The van der Waals surface area contributed by atoms with Crippen molar-refractivity contribution < 1.29 is 22.5 Å².